The van der Waals surface area contributed by atoms with Gasteiger partial charge in [0.2, 0.25) is 5.95 Å². The van der Waals surface area contributed by atoms with E-state index in [-0.39, 0.29) is 23.3 Å². The molecule has 0 unspecified atom stereocenters. The molecule has 2 aromatic heterocycles. The van der Waals surface area contributed by atoms with Gasteiger partial charge in [-0.15, -0.1) is 10.2 Å². The second-order valence-corrected chi connectivity index (χ2v) is 11.0. The summed E-state index contributed by atoms with van der Waals surface area (Å²) in [7, 11) is -3.00. The van der Waals surface area contributed by atoms with Gasteiger partial charge < -0.3 is 9.32 Å². The van der Waals surface area contributed by atoms with E-state index in [1.807, 2.05) is 31.2 Å². The minimum absolute atomic E-state index is 0.108. The molecule has 0 saturated carbocycles. The van der Waals surface area contributed by atoms with Crippen molar-refractivity contribution >= 4 is 26.9 Å². The Morgan fingerprint density at radius 2 is 2.06 bits per heavy atom. The molecule has 3 aromatic rings. The summed E-state index contributed by atoms with van der Waals surface area (Å²) in [5.41, 5.74) is 2.67. The molecule has 5 rings (SSSR count). The maximum atomic E-state index is 12.0. The van der Waals surface area contributed by atoms with Crippen LogP contribution in [0.4, 0.5) is 5.95 Å². The molecule has 1 aromatic carbocycles. The molecule has 4 heterocycles. The zero-order chi connectivity index (χ0) is 21.6. The fourth-order valence-electron chi connectivity index (χ4n) is 4.69. The number of hydrogen-bond donors (Lipinski definition) is 0. The first kappa shape index (κ1) is 20.2. The van der Waals surface area contributed by atoms with Crippen molar-refractivity contribution in [1.29, 1.82) is 0 Å². The molecule has 8 nitrogen and oxygen atoms in total. The van der Waals surface area contributed by atoms with E-state index in [1.165, 1.54) is 0 Å². The van der Waals surface area contributed by atoms with E-state index < -0.39 is 9.84 Å². The van der Waals surface area contributed by atoms with E-state index in [4.69, 9.17) is 9.40 Å². The molecule has 164 valence electrons. The van der Waals surface area contributed by atoms with Gasteiger partial charge in [0, 0.05) is 25.6 Å². The third-order valence-electron chi connectivity index (χ3n) is 6.15. The van der Waals surface area contributed by atoms with Crippen molar-refractivity contribution in [1.82, 2.24) is 19.7 Å². The maximum absolute atomic E-state index is 12.0. The van der Waals surface area contributed by atoms with Crippen LogP contribution in [0.3, 0.4) is 0 Å². The zero-order valence-corrected chi connectivity index (χ0v) is 18.5. The minimum atomic E-state index is -3.00. The van der Waals surface area contributed by atoms with Crippen LogP contribution < -0.4 is 4.90 Å². The molecule has 0 aliphatic carbocycles. The van der Waals surface area contributed by atoms with Gasteiger partial charge in [0.1, 0.15) is 11.3 Å². The lowest BCUT2D eigenvalue weighted by atomic mass is 9.98. The number of fused-ring (bicyclic) bond motifs is 1. The maximum Gasteiger partial charge on any atom is 0.227 e. The number of nitrogens with zero attached hydrogens (tertiary/aromatic N) is 5. The van der Waals surface area contributed by atoms with Crippen LogP contribution in [0.5, 0.6) is 0 Å². The van der Waals surface area contributed by atoms with Crippen molar-refractivity contribution in [3.05, 3.63) is 48.1 Å². The topological polar surface area (TPSA) is 94.1 Å². The number of oxazole rings is 1. The first-order valence-electron chi connectivity index (χ1n) is 10.8. The van der Waals surface area contributed by atoms with Crippen LogP contribution in [-0.4, -0.2) is 52.8 Å². The van der Waals surface area contributed by atoms with Crippen LogP contribution in [0, 0.1) is 0 Å². The molecule has 2 fully saturated rings. The molecule has 0 amide bonds. The Balaban J connectivity index is 1.44. The molecule has 31 heavy (non-hydrogen) atoms. The highest BCUT2D eigenvalue weighted by atomic mass is 32.2. The number of sulfone groups is 1. The standard InChI is InChI=1S/C22H27N5O3S/c1-15(2)12-27-20(17-9-11-31(28,29)14-17)24-25-22(27)26-10-5-6-16(13-26)21-23-18-7-3-4-8-19(18)30-21/h3-4,7-8,16-17H,1,5-6,9-14H2,2H3/t16-,17-/m0/s1. The average Bonchev–Trinajstić information content (AvgIpc) is 3.44. The van der Waals surface area contributed by atoms with Crippen LogP contribution in [0.15, 0.2) is 40.8 Å². The van der Waals surface area contributed by atoms with Crippen molar-refractivity contribution in [2.24, 2.45) is 0 Å². The number of para-hydroxylation sites is 2. The smallest absolute Gasteiger partial charge is 0.227 e. The molecule has 2 saturated heterocycles. The number of piperidine rings is 1. The van der Waals surface area contributed by atoms with Gasteiger partial charge >= 0.3 is 0 Å². The zero-order valence-electron chi connectivity index (χ0n) is 17.7. The highest BCUT2D eigenvalue weighted by Crippen LogP contribution is 2.34. The molecule has 0 bridgehead atoms. The monoisotopic (exact) mass is 441 g/mol. The molecular weight excluding hydrogens is 414 g/mol. The van der Waals surface area contributed by atoms with Gasteiger partial charge in [0.05, 0.1) is 17.4 Å². The summed E-state index contributed by atoms with van der Waals surface area (Å²) in [5, 5.41) is 8.96. The number of rotatable bonds is 5. The lowest BCUT2D eigenvalue weighted by molar-refractivity contribution is 0.408. The summed E-state index contributed by atoms with van der Waals surface area (Å²) >= 11 is 0. The summed E-state index contributed by atoms with van der Waals surface area (Å²) in [5.74, 6) is 2.73. The first-order valence-corrected chi connectivity index (χ1v) is 12.6. The fourth-order valence-corrected chi connectivity index (χ4v) is 6.43. The predicted molar refractivity (Wildman–Crippen MR) is 119 cm³/mol. The number of hydrogen-bond acceptors (Lipinski definition) is 7. The average molecular weight is 442 g/mol. The highest BCUT2D eigenvalue weighted by Gasteiger charge is 2.35. The van der Waals surface area contributed by atoms with Crippen LogP contribution in [0.1, 0.15) is 49.7 Å². The summed E-state index contributed by atoms with van der Waals surface area (Å²) in [6.07, 6.45) is 2.60. The van der Waals surface area contributed by atoms with Crippen molar-refractivity contribution in [2.45, 2.75) is 44.6 Å². The van der Waals surface area contributed by atoms with Gasteiger partial charge in [-0.2, -0.15) is 0 Å². The number of aromatic nitrogens is 4. The van der Waals surface area contributed by atoms with Gasteiger partial charge in [-0.3, -0.25) is 4.57 Å². The number of benzene rings is 1. The Labute approximate surface area is 181 Å². The molecule has 9 heteroatoms. The van der Waals surface area contributed by atoms with Crippen LogP contribution in [-0.2, 0) is 16.4 Å². The van der Waals surface area contributed by atoms with E-state index in [0.29, 0.717) is 13.0 Å². The number of anilines is 1. The Bertz CT molecular complexity index is 1200. The van der Waals surface area contributed by atoms with Gasteiger partial charge in [-0.25, -0.2) is 13.4 Å². The lowest BCUT2D eigenvalue weighted by Gasteiger charge is -2.32. The lowest BCUT2D eigenvalue weighted by Crippen LogP contribution is -2.36. The SMILES string of the molecule is C=C(C)Cn1c([C@H]2CCS(=O)(=O)C2)nnc1N1CCC[C@H](c2nc3ccccc3o2)C1. The molecular formula is C22H27N5O3S. The normalized spacial score (nSPS) is 23.5. The summed E-state index contributed by atoms with van der Waals surface area (Å²) in [6, 6.07) is 7.83. The third kappa shape index (κ3) is 3.98. The Kier molecular flexibility index (Phi) is 5.08. The molecule has 2 aliphatic rings. The van der Waals surface area contributed by atoms with Gasteiger partial charge in [0.25, 0.3) is 0 Å². The summed E-state index contributed by atoms with van der Waals surface area (Å²) < 4.78 is 32.1. The highest BCUT2D eigenvalue weighted by molar-refractivity contribution is 7.91. The summed E-state index contributed by atoms with van der Waals surface area (Å²) in [4.78, 5) is 6.93. The van der Waals surface area contributed by atoms with Gasteiger partial charge in [-0.05, 0) is 38.3 Å². The van der Waals surface area contributed by atoms with Gasteiger partial charge in [-0.1, -0.05) is 24.3 Å². The molecule has 0 N–H and O–H groups in total. The van der Waals surface area contributed by atoms with Crippen molar-refractivity contribution in [2.75, 3.05) is 29.5 Å². The Hall–Kier alpha value is -2.68. The fraction of sp³-hybridized carbons (Fsp3) is 0.500. The second-order valence-electron chi connectivity index (χ2n) is 8.81. The van der Waals surface area contributed by atoms with Crippen LogP contribution in [0.25, 0.3) is 11.1 Å². The van der Waals surface area contributed by atoms with E-state index in [1.54, 1.807) is 0 Å². The van der Waals surface area contributed by atoms with Gasteiger partial charge in [0.15, 0.2) is 21.3 Å². The largest absolute Gasteiger partial charge is 0.440 e. The van der Waals surface area contributed by atoms with E-state index in [2.05, 4.69) is 26.2 Å². The number of allylic oxidation sites excluding steroid dienone is 1. The predicted octanol–water partition coefficient (Wildman–Crippen LogP) is 3.28. The molecule has 2 atom stereocenters. The first-order chi connectivity index (χ1) is 14.9. The van der Waals surface area contributed by atoms with Crippen molar-refractivity contribution in [3.63, 3.8) is 0 Å². The van der Waals surface area contributed by atoms with Crippen LogP contribution >= 0.6 is 0 Å². The van der Waals surface area contributed by atoms with Crippen molar-refractivity contribution in [3.8, 4) is 0 Å². The summed E-state index contributed by atoms with van der Waals surface area (Å²) in [6.45, 7) is 8.22. The second kappa shape index (κ2) is 7.78. The molecule has 0 radical (unpaired) electrons. The third-order valence-corrected chi connectivity index (χ3v) is 7.92. The quantitative estimate of drug-likeness (QED) is 0.561. The van der Waals surface area contributed by atoms with E-state index in [0.717, 1.165) is 60.3 Å². The Morgan fingerprint density at radius 1 is 1.23 bits per heavy atom. The van der Waals surface area contributed by atoms with E-state index in [9.17, 15) is 8.42 Å². The Morgan fingerprint density at radius 3 is 2.81 bits per heavy atom. The molecule has 2 aliphatic heterocycles. The van der Waals surface area contributed by atoms with Crippen LogP contribution in [0.2, 0.25) is 0 Å². The van der Waals surface area contributed by atoms with E-state index >= 15 is 0 Å². The minimum Gasteiger partial charge on any atom is -0.440 e. The van der Waals surface area contributed by atoms with Crippen molar-refractivity contribution < 1.29 is 12.8 Å². The molecule has 0 spiro atoms.